The van der Waals surface area contributed by atoms with Gasteiger partial charge in [-0.2, -0.15) is 11.8 Å². The lowest BCUT2D eigenvalue weighted by Crippen LogP contribution is -2.49. The van der Waals surface area contributed by atoms with Crippen LogP contribution < -0.4 is 5.32 Å². The van der Waals surface area contributed by atoms with Gasteiger partial charge in [-0.1, -0.05) is 0 Å². The molecule has 0 bridgehead atoms. The normalized spacial score (nSPS) is 24.2. The Hall–Kier alpha value is 0.270. The molecule has 2 nitrogen and oxygen atoms in total. The van der Waals surface area contributed by atoms with Crippen LogP contribution in [0.3, 0.4) is 0 Å². The van der Waals surface area contributed by atoms with E-state index in [0.717, 1.165) is 12.6 Å². The second-order valence-electron chi connectivity index (χ2n) is 4.65. The third kappa shape index (κ3) is 3.49. The average Bonchev–Trinajstić information content (AvgIpc) is 2.52. The molecule has 0 aliphatic carbocycles. The number of hydrogen-bond acceptors (Lipinski definition) is 3. The molecule has 1 heterocycles. The third-order valence-corrected chi connectivity index (χ3v) is 4.13. The molecule has 13 heavy (non-hydrogen) atoms. The van der Waals surface area contributed by atoms with Gasteiger partial charge in [-0.05, 0) is 40.1 Å². The number of nitrogens with zero attached hydrogens (tertiary/aromatic N) is 1. The highest BCUT2D eigenvalue weighted by Gasteiger charge is 2.23. The minimum absolute atomic E-state index is 0.271. The monoisotopic (exact) mass is 202 g/mol. The Kier molecular flexibility index (Phi) is 4.07. The molecule has 0 aromatic rings. The first-order valence-electron chi connectivity index (χ1n) is 5.01. The lowest BCUT2D eigenvalue weighted by Gasteiger charge is -2.33. The summed E-state index contributed by atoms with van der Waals surface area (Å²) in [5.74, 6) is 2.63. The van der Waals surface area contributed by atoms with E-state index >= 15 is 0 Å². The summed E-state index contributed by atoms with van der Waals surface area (Å²) in [6.45, 7) is 5.65. The minimum Gasteiger partial charge on any atom is -0.311 e. The topological polar surface area (TPSA) is 15.3 Å². The molecule has 0 aromatic heterocycles. The molecule has 1 aliphatic rings. The molecule has 0 radical (unpaired) electrons. The van der Waals surface area contributed by atoms with Gasteiger partial charge >= 0.3 is 0 Å². The van der Waals surface area contributed by atoms with Crippen molar-refractivity contribution in [1.29, 1.82) is 0 Å². The predicted octanol–water partition coefficient (Wildman–Crippen LogP) is 1.42. The summed E-state index contributed by atoms with van der Waals surface area (Å²) in [5, 5.41) is 3.64. The first-order chi connectivity index (χ1) is 6.02. The van der Waals surface area contributed by atoms with Gasteiger partial charge in [0.1, 0.15) is 0 Å². The Morgan fingerprint density at radius 1 is 1.46 bits per heavy atom. The van der Waals surface area contributed by atoms with Crippen molar-refractivity contribution in [3.8, 4) is 0 Å². The van der Waals surface area contributed by atoms with Gasteiger partial charge < -0.3 is 10.2 Å². The molecule has 1 aliphatic heterocycles. The molecule has 1 unspecified atom stereocenters. The summed E-state index contributed by atoms with van der Waals surface area (Å²) in [6, 6.07) is 0.754. The molecule has 1 saturated heterocycles. The van der Waals surface area contributed by atoms with Gasteiger partial charge in [0.05, 0.1) is 0 Å². The first-order valence-corrected chi connectivity index (χ1v) is 6.16. The van der Waals surface area contributed by atoms with Crippen LogP contribution in [0.4, 0.5) is 0 Å². The molecule has 0 amide bonds. The zero-order valence-electron chi connectivity index (χ0n) is 9.26. The predicted molar refractivity (Wildman–Crippen MR) is 61.5 cm³/mol. The van der Waals surface area contributed by atoms with Crippen LogP contribution in [-0.2, 0) is 0 Å². The van der Waals surface area contributed by atoms with E-state index < -0.39 is 0 Å². The van der Waals surface area contributed by atoms with Crippen LogP contribution in [0, 0.1) is 0 Å². The molecular weight excluding hydrogens is 180 g/mol. The van der Waals surface area contributed by atoms with Gasteiger partial charge in [0, 0.05) is 23.9 Å². The number of nitrogens with one attached hydrogen (secondary N) is 1. The minimum atomic E-state index is 0.271. The lowest BCUT2D eigenvalue weighted by atomic mass is 10.0. The number of hydrogen-bond donors (Lipinski definition) is 1. The molecule has 0 saturated carbocycles. The van der Waals surface area contributed by atoms with Crippen LogP contribution in [0.25, 0.3) is 0 Å². The Balaban J connectivity index is 2.24. The summed E-state index contributed by atoms with van der Waals surface area (Å²) >= 11 is 2.07. The number of rotatable bonds is 4. The maximum absolute atomic E-state index is 3.64. The van der Waals surface area contributed by atoms with E-state index in [1.54, 1.807) is 0 Å². The summed E-state index contributed by atoms with van der Waals surface area (Å²) in [7, 11) is 4.29. The maximum Gasteiger partial charge on any atom is 0.0271 e. The Morgan fingerprint density at radius 2 is 2.15 bits per heavy atom. The second kappa shape index (κ2) is 4.67. The Labute approximate surface area is 86.5 Å². The standard InChI is InChI=1S/C10H22N2S/c1-10(2,12(3)4)8-11-9-5-6-13-7-9/h9,11H,5-8H2,1-4H3. The summed E-state index contributed by atoms with van der Waals surface area (Å²) < 4.78 is 0. The van der Waals surface area contributed by atoms with Crippen LogP contribution in [0.15, 0.2) is 0 Å². The van der Waals surface area contributed by atoms with Crippen molar-refractivity contribution in [3.05, 3.63) is 0 Å². The van der Waals surface area contributed by atoms with Gasteiger partial charge in [0.25, 0.3) is 0 Å². The SMILES string of the molecule is CN(C)C(C)(C)CNC1CCSC1. The van der Waals surface area contributed by atoms with Crippen molar-refractivity contribution in [2.75, 3.05) is 32.1 Å². The molecule has 1 rings (SSSR count). The quantitative estimate of drug-likeness (QED) is 0.742. The van der Waals surface area contributed by atoms with Crippen molar-refractivity contribution < 1.29 is 0 Å². The van der Waals surface area contributed by atoms with Crippen LogP contribution in [-0.4, -0.2) is 48.6 Å². The summed E-state index contributed by atoms with van der Waals surface area (Å²) in [4.78, 5) is 2.28. The highest BCUT2D eigenvalue weighted by molar-refractivity contribution is 7.99. The third-order valence-electron chi connectivity index (χ3n) is 2.96. The van der Waals surface area contributed by atoms with Gasteiger partial charge in [0.15, 0.2) is 0 Å². The second-order valence-corrected chi connectivity index (χ2v) is 5.80. The molecule has 78 valence electrons. The number of thioether (sulfide) groups is 1. The van der Waals surface area contributed by atoms with Crippen LogP contribution in [0.2, 0.25) is 0 Å². The van der Waals surface area contributed by atoms with Crippen molar-refractivity contribution in [2.45, 2.75) is 31.8 Å². The van der Waals surface area contributed by atoms with Crippen molar-refractivity contribution in [1.82, 2.24) is 10.2 Å². The zero-order valence-corrected chi connectivity index (χ0v) is 10.1. The zero-order chi connectivity index (χ0) is 9.90. The molecule has 3 heteroatoms. The lowest BCUT2D eigenvalue weighted by molar-refractivity contribution is 0.185. The molecular formula is C10H22N2S. The largest absolute Gasteiger partial charge is 0.311 e. The van der Waals surface area contributed by atoms with Gasteiger partial charge in [-0.15, -0.1) is 0 Å². The molecule has 1 N–H and O–H groups in total. The van der Waals surface area contributed by atoms with E-state index in [0.29, 0.717) is 0 Å². The van der Waals surface area contributed by atoms with Crippen molar-refractivity contribution >= 4 is 11.8 Å². The smallest absolute Gasteiger partial charge is 0.0271 e. The molecule has 1 atom stereocenters. The average molecular weight is 202 g/mol. The molecule has 1 fully saturated rings. The highest BCUT2D eigenvalue weighted by atomic mass is 32.2. The fourth-order valence-electron chi connectivity index (χ4n) is 1.25. The molecule has 0 spiro atoms. The fraction of sp³-hybridized carbons (Fsp3) is 1.00. The Bertz CT molecular complexity index is 151. The fourth-order valence-corrected chi connectivity index (χ4v) is 2.43. The van der Waals surface area contributed by atoms with E-state index in [-0.39, 0.29) is 5.54 Å². The van der Waals surface area contributed by atoms with E-state index in [2.05, 4.69) is 49.9 Å². The van der Waals surface area contributed by atoms with Crippen molar-refractivity contribution in [2.24, 2.45) is 0 Å². The maximum atomic E-state index is 3.64. The Morgan fingerprint density at radius 3 is 2.62 bits per heavy atom. The van der Waals surface area contributed by atoms with Crippen molar-refractivity contribution in [3.63, 3.8) is 0 Å². The van der Waals surface area contributed by atoms with E-state index in [4.69, 9.17) is 0 Å². The van der Waals surface area contributed by atoms with E-state index in [1.165, 1.54) is 17.9 Å². The van der Waals surface area contributed by atoms with Crippen LogP contribution in [0.5, 0.6) is 0 Å². The van der Waals surface area contributed by atoms with E-state index in [9.17, 15) is 0 Å². The van der Waals surface area contributed by atoms with Gasteiger partial charge in [-0.25, -0.2) is 0 Å². The summed E-state index contributed by atoms with van der Waals surface area (Å²) in [5.41, 5.74) is 0.271. The summed E-state index contributed by atoms with van der Waals surface area (Å²) in [6.07, 6.45) is 1.34. The molecule has 0 aromatic carbocycles. The first kappa shape index (κ1) is 11.3. The highest BCUT2D eigenvalue weighted by Crippen LogP contribution is 2.18. The van der Waals surface area contributed by atoms with Crippen LogP contribution in [0.1, 0.15) is 20.3 Å². The van der Waals surface area contributed by atoms with E-state index in [1.807, 2.05) is 0 Å². The van der Waals surface area contributed by atoms with Gasteiger partial charge in [-0.3, -0.25) is 0 Å². The van der Waals surface area contributed by atoms with Gasteiger partial charge in [0.2, 0.25) is 0 Å². The van der Waals surface area contributed by atoms with Crippen LogP contribution >= 0.6 is 11.8 Å². The number of likely N-dealkylation sites (N-methyl/N-ethyl adjacent to an activating group) is 1.